The molecule has 4 nitrogen and oxygen atoms in total. The van der Waals surface area contributed by atoms with Crippen molar-refractivity contribution in [1.29, 1.82) is 0 Å². The molecule has 0 unspecified atom stereocenters. The van der Waals surface area contributed by atoms with Gasteiger partial charge in [0.1, 0.15) is 10.8 Å². The molecule has 0 saturated heterocycles. The Labute approximate surface area is 121 Å². The van der Waals surface area contributed by atoms with Gasteiger partial charge in [-0.2, -0.15) is 16.1 Å². The van der Waals surface area contributed by atoms with Gasteiger partial charge in [0.2, 0.25) is 0 Å². The van der Waals surface area contributed by atoms with Crippen molar-refractivity contribution in [1.82, 2.24) is 9.36 Å². The number of nitrogens with one attached hydrogen (secondary N) is 1. The van der Waals surface area contributed by atoms with Gasteiger partial charge in [0.25, 0.3) is 0 Å². The summed E-state index contributed by atoms with van der Waals surface area (Å²) in [4.78, 5) is 4.02. The van der Waals surface area contributed by atoms with E-state index < -0.39 is 0 Å². The molecule has 0 radical (unpaired) electrons. The average Bonchev–Trinajstić information content (AvgIpc) is 2.81. The molecular weight excluding hydrogens is 276 g/mol. The molecule has 0 aromatic carbocycles. The summed E-state index contributed by atoms with van der Waals surface area (Å²) in [6, 6.07) is 3.88. The highest BCUT2D eigenvalue weighted by molar-refractivity contribution is 7.99. The van der Waals surface area contributed by atoms with Crippen molar-refractivity contribution in [3.8, 4) is 11.1 Å². The lowest BCUT2D eigenvalue weighted by Crippen LogP contribution is -2.04. The molecule has 0 saturated carbocycles. The summed E-state index contributed by atoms with van der Waals surface area (Å²) in [7, 11) is 0. The number of rotatable bonds is 7. The van der Waals surface area contributed by atoms with Crippen LogP contribution in [0.25, 0.3) is 11.1 Å². The number of hydrogen-bond acceptors (Lipinski definition) is 6. The van der Waals surface area contributed by atoms with E-state index in [2.05, 4.69) is 21.3 Å². The van der Waals surface area contributed by atoms with Crippen molar-refractivity contribution < 1.29 is 0 Å². The van der Waals surface area contributed by atoms with Crippen molar-refractivity contribution >= 4 is 34.1 Å². The van der Waals surface area contributed by atoms with Crippen LogP contribution in [0.3, 0.4) is 0 Å². The zero-order valence-electron chi connectivity index (χ0n) is 10.5. The molecule has 0 spiro atoms. The largest absolute Gasteiger partial charge is 0.382 e. The molecule has 0 bridgehead atoms. The lowest BCUT2D eigenvalue weighted by atomic mass is 10.1. The Kier molecular flexibility index (Phi) is 5.23. The Balaban J connectivity index is 2.04. The molecule has 0 fully saturated rings. The third-order valence-electron chi connectivity index (χ3n) is 2.46. The highest BCUT2D eigenvalue weighted by atomic mass is 32.2. The smallest absolute Gasteiger partial charge is 0.147 e. The number of hydrogen-bond donors (Lipinski definition) is 2. The number of nitrogens with two attached hydrogens (primary N) is 1. The van der Waals surface area contributed by atoms with Crippen molar-refractivity contribution in [2.24, 2.45) is 0 Å². The molecule has 0 aliphatic carbocycles. The topological polar surface area (TPSA) is 63.8 Å². The number of nitrogens with zero attached hydrogens (tertiary/aromatic N) is 2. The fourth-order valence-electron chi connectivity index (χ4n) is 1.62. The summed E-state index contributed by atoms with van der Waals surface area (Å²) in [5.74, 6) is 2.57. The van der Waals surface area contributed by atoms with Gasteiger partial charge in [-0.05, 0) is 29.2 Å². The van der Waals surface area contributed by atoms with Crippen LogP contribution in [0.1, 0.15) is 0 Å². The van der Waals surface area contributed by atoms with Crippen LogP contribution in [0.5, 0.6) is 0 Å². The molecule has 2 heterocycles. The summed E-state index contributed by atoms with van der Waals surface area (Å²) in [6.07, 6.45) is 5.43. The summed E-state index contributed by atoms with van der Waals surface area (Å²) in [5.41, 5.74) is 7.96. The van der Waals surface area contributed by atoms with E-state index in [0.717, 1.165) is 34.2 Å². The number of nitrogen functional groups attached to an aromatic ring is 1. The van der Waals surface area contributed by atoms with Gasteiger partial charge >= 0.3 is 0 Å². The lowest BCUT2D eigenvalue weighted by Gasteiger charge is -2.06. The molecule has 2 rings (SSSR count). The van der Waals surface area contributed by atoms with Crippen molar-refractivity contribution in [3.63, 3.8) is 0 Å². The minimum absolute atomic E-state index is 0.567. The van der Waals surface area contributed by atoms with Crippen LogP contribution in [0, 0.1) is 0 Å². The fourth-order valence-corrected chi connectivity index (χ4v) is 2.97. The zero-order valence-corrected chi connectivity index (χ0v) is 12.1. The number of pyridine rings is 1. The van der Waals surface area contributed by atoms with Gasteiger partial charge in [-0.25, -0.2) is 0 Å². The second-order valence-electron chi connectivity index (χ2n) is 3.80. The Morgan fingerprint density at radius 2 is 2.21 bits per heavy atom. The monoisotopic (exact) mass is 292 g/mol. The maximum absolute atomic E-state index is 5.95. The predicted octanol–water partition coefficient (Wildman–Crippen LogP) is 3.12. The normalized spacial score (nSPS) is 10.3. The van der Waals surface area contributed by atoms with Gasteiger partial charge in [0.05, 0.1) is 5.56 Å². The van der Waals surface area contributed by atoms with E-state index in [0.29, 0.717) is 5.82 Å². The Hall–Kier alpha value is -1.53. The van der Waals surface area contributed by atoms with Crippen LogP contribution in [0.2, 0.25) is 0 Å². The number of thioether (sulfide) groups is 1. The zero-order chi connectivity index (χ0) is 13.5. The first-order valence-electron chi connectivity index (χ1n) is 5.91. The third-order valence-corrected chi connectivity index (χ3v) is 4.24. The van der Waals surface area contributed by atoms with Crippen LogP contribution in [0.4, 0.5) is 10.8 Å². The van der Waals surface area contributed by atoms with Crippen molar-refractivity contribution in [3.05, 3.63) is 37.2 Å². The summed E-state index contributed by atoms with van der Waals surface area (Å²) in [6.45, 7) is 4.59. The highest BCUT2D eigenvalue weighted by Crippen LogP contribution is 2.36. The first-order chi connectivity index (χ1) is 9.33. The molecule has 6 heteroatoms. The summed E-state index contributed by atoms with van der Waals surface area (Å²) >= 11 is 3.24. The molecule has 0 atom stereocenters. The maximum Gasteiger partial charge on any atom is 0.147 e. The Morgan fingerprint density at radius 3 is 2.95 bits per heavy atom. The van der Waals surface area contributed by atoms with Gasteiger partial charge in [-0.1, -0.05) is 6.08 Å². The fraction of sp³-hybridized carbons (Fsp3) is 0.231. The first kappa shape index (κ1) is 13.9. The second kappa shape index (κ2) is 7.16. The maximum atomic E-state index is 5.95. The van der Waals surface area contributed by atoms with E-state index in [-0.39, 0.29) is 0 Å². The summed E-state index contributed by atoms with van der Waals surface area (Å²) < 4.78 is 4.22. The Morgan fingerprint density at radius 1 is 1.42 bits per heavy atom. The van der Waals surface area contributed by atoms with E-state index in [1.807, 2.05) is 30.0 Å². The molecule has 2 aromatic heterocycles. The molecule has 3 N–H and O–H groups in total. The van der Waals surface area contributed by atoms with Gasteiger partial charge in [0, 0.05) is 30.4 Å². The molecule has 0 aliphatic heterocycles. The summed E-state index contributed by atoms with van der Waals surface area (Å²) in [5, 5.41) is 4.41. The quantitative estimate of drug-likeness (QED) is 0.606. The van der Waals surface area contributed by atoms with Gasteiger partial charge in [-0.15, -0.1) is 6.58 Å². The SMILES string of the molecule is C=CCSCCNc1snc(N)c1-c1ccncc1. The van der Waals surface area contributed by atoms with Gasteiger partial charge in [-0.3, -0.25) is 4.98 Å². The predicted molar refractivity (Wildman–Crippen MR) is 85.8 cm³/mol. The minimum atomic E-state index is 0.567. The van der Waals surface area contributed by atoms with E-state index >= 15 is 0 Å². The van der Waals surface area contributed by atoms with Gasteiger partial charge in [0.15, 0.2) is 0 Å². The molecule has 0 aliphatic rings. The number of aromatic nitrogens is 2. The first-order valence-corrected chi connectivity index (χ1v) is 7.83. The average molecular weight is 292 g/mol. The second-order valence-corrected chi connectivity index (χ2v) is 5.72. The van der Waals surface area contributed by atoms with E-state index in [1.54, 1.807) is 12.4 Å². The van der Waals surface area contributed by atoms with Gasteiger partial charge < -0.3 is 11.1 Å². The van der Waals surface area contributed by atoms with Crippen LogP contribution in [-0.4, -0.2) is 27.4 Å². The minimum Gasteiger partial charge on any atom is -0.382 e. The van der Waals surface area contributed by atoms with Crippen molar-refractivity contribution in [2.45, 2.75) is 0 Å². The van der Waals surface area contributed by atoms with Crippen LogP contribution < -0.4 is 11.1 Å². The molecule has 19 heavy (non-hydrogen) atoms. The van der Waals surface area contributed by atoms with Crippen LogP contribution >= 0.6 is 23.3 Å². The highest BCUT2D eigenvalue weighted by Gasteiger charge is 2.12. The van der Waals surface area contributed by atoms with Crippen molar-refractivity contribution in [2.75, 3.05) is 29.1 Å². The van der Waals surface area contributed by atoms with E-state index in [9.17, 15) is 0 Å². The van der Waals surface area contributed by atoms with E-state index in [4.69, 9.17) is 5.73 Å². The lowest BCUT2D eigenvalue weighted by molar-refractivity contribution is 1.24. The third kappa shape index (κ3) is 3.71. The standard InChI is InChI=1S/C13H16N4S2/c1-2-8-18-9-7-16-13-11(12(14)17-19-13)10-3-5-15-6-4-10/h2-6,16H,1,7-9H2,(H2,14,17). The molecule has 2 aromatic rings. The van der Waals surface area contributed by atoms with E-state index in [1.165, 1.54) is 11.5 Å². The Bertz CT molecular complexity index is 525. The number of anilines is 2. The molecule has 0 amide bonds. The van der Waals surface area contributed by atoms with Crippen LogP contribution in [-0.2, 0) is 0 Å². The molecule has 100 valence electrons. The molecular formula is C13H16N4S2. The van der Waals surface area contributed by atoms with Crippen LogP contribution in [0.15, 0.2) is 37.2 Å².